The predicted octanol–water partition coefficient (Wildman–Crippen LogP) is 4.08. The third kappa shape index (κ3) is 6.75. The highest BCUT2D eigenvalue weighted by Crippen LogP contribution is 2.19. The van der Waals surface area contributed by atoms with Crippen molar-refractivity contribution in [1.82, 2.24) is 15.6 Å². The Kier molecular flexibility index (Phi) is 10.6. The molecule has 0 amide bonds. The highest BCUT2D eigenvalue weighted by Gasteiger charge is 2.08. The molecule has 0 saturated carbocycles. The molecule has 2 aromatic heterocycles. The van der Waals surface area contributed by atoms with Crippen molar-refractivity contribution in [3.63, 3.8) is 0 Å². The van der Waals surface area contributed by atoms with Crippen molar-refractivity contribution < 1.29 is 0 Å². The van der Waals surface area contributed by atoms with Crippen molar-refractivity contribution in [1.29, 1.82) is 0 Å². The van der Waals surface area contributed by atoms with Crippen LogP contribution in [0.15, 0.2) is 40.8 Å². The number of nitrogens with zero attached hydrogens (tertiary/aromatic N) is 3. The first-order chi connectivity index (χ1) is 12.2. The highest BCUT2D eigenvalue weighted by atomic mass is 127. The number of nitrogens with one attached hydrogen (secondary N) is 2. The first-order valence-electron chi connectivity index (χ1n) is 8.85. The van der Waals surface area contributed by atoms with Crippen molar-refractivity contribution in [2.45, 2.75) is 33.2 Å². The average molecular weight is 487 g/mol. The minimum absolute atomic E-state index is 0. The largest absolute Gasteiger partial charge is 0.357 e. The van der Waals surface area contributed by atoms with Gasteiger partial charge in [0.05, 0.1) is 0 Å². The van der Waals surface area contributed by atoms with E-state index >= 15 is 0 Å². The Morgan fingerprint density at radius 1 is 1.23 bits per heavy atom. The molecule has 1 unspecified atom stereocenters. The topological polar surface area (TPSA) is 52.5 Å². The normalized spacial score (nSPS) is 12.2. The van der Waals surface area contributed by atoms with Crippen LogP contribution in [0.5, 0.6) is 0 Å². The van der Waals surface area contributed by atoms with Gasteiger partial charge in [-0.25, -0.2) is 4.98 Å². The average Bonchev–Trinajstić information content (AvgIpc) is 3.18. The van der Waals surface area contributed by atoms with E-state index in [0.717, 1.165) is 37.0 Å². The molecule has 0 aliphatic rings. The molecule has 2 rings (SSSR count). The predicted molar refractivity (Wildman–Crippen MR) is 124 cm³/mol. The molecule has 26 heavy (non-hydrogen) atoms. The fourth-order valence-electron chi connectivity index (χ4n) is 2.58. The quantitative estimate of drug-likeness (QED) is 0.335. The molecule has 0 bridgehead atoms. The van der Waals surface area contributed by atoms with E-state index in [0.29, 0.717) is 12.5 Å². The fourth-order valence-corrected chi connectivity index (χ4v) is 3.37. The molecule has 0 aliphatic carbocycles. The zero-order valence-corrected chi connectivity index (χ0v) is 19.2. The first kappa shape index (κ1) is 22.7. The number of hydrogen-bond acceptors (Lipinski definition) is 4. The monoisotopic (exact) mass is 487 g/mol. The molecular weight excluding hydrogens is 457 g/mol. The smallest absolute Gasteiger partial charge is 0.191 e. The second kappa shape index (κ2) is 12.1. The lowest BCUT2D eigenvalue weighted by atomic mass is 10.1. The number of aliphatic imine (C=N–C) groups is 1. The second-order valence-electron chi connectivity index (χ2n) is 5.92. The van der Waals surface area contributed by atoms with Crippen molar-refractivity contribution in [2.75, 3.05) is 31.6 Å². The van der Waals surface area contributed by atoms with Crippen LogP contribution in [0.4, 0.5) is 5.82 Å². The van der Waals surface area contributed by atoms with Crippen LogP contribution in [0.2, 0.25) is 0 Å². The summed E-state index contributed by atoms with van der Waals surface area (Å²) >= 11 is 1.80. The van der Waals surface area contributed by atoms with Crippen LogP contribution in [-0.4, -0.2) is 37.6 Å². The standard InChI is InChI=1S/C19H29N5S.HI/c1-5-24(6-2)18-10-9-16(13-21-18)14-23-19(20-4)22-12-15(3)17-8-7-11-25-17;/h7-11,13,15H,5-6,12,14H2,1-4H3,(H2,20,22,23);1H. The Bertz CT molecular complexity index is 638. The Labute approximate surface area is 178 Å². The lowest BCUT2D eigenvalue weighted by Gasteiger charge is -2.20. The summed E-state index contributed by atoms with van der Waals surface area (Å²) in [4.78, 5) is 12.5. The molecule has 2 aromatic rings. The molecule has 0 aromatic carbocycles. The number of rotatable bonds is 8. The zero-order valence-electron chi connectivity index (χ0n) is 16.0. The van der Waals surface area contributed by atoms with E-state index in [1.165, 1.54) is 4.88 Å². The van der Waals surface area contributed by atoms with Crippen LogP contribution in [0.25, 0.3) is 0 Å². The first-order valence-corrected chi connectivity index (χ1v) is 9.73. The summed E-state index contributed by atoms with van der Waals surface area (Å²) in [6.07, 6.45) is 1.93. The van der Waals surface area contributed by atoms with Crippen LogP contribution in [0.3, 0.4) is 0 Å². The van der Waals surface area contributed by atoms with Gasteiger partial charge in [-0.1, -0.05) is 19.1 Å². The molecule has 2 heterocycles. The number of guanidine groups is 1. The van der Waals surface area contributed by atoms with Crippen LogP contribution in [0.1, 0.15) is 37.1 Å². The number of pyridine rings is 1. The summed E-state index contributed by atoms with van der Waals surface area (Å²) in [6.45, 7) is 10.0. The van der Waals surface area contributed by atoms with E-state index in [2.05, 4.69) is 75.9 Å². The maximum atomic E-state index is 4.56. The van der Waals surface area contributed by atoms with Gasteiger partial charge >= 0.3 is 0 Å². The molecule has 1 atom stereocenters. The maximum Gasteiger partial charge on any atom is 0.191 e. The third-order valence-corrected chi connectivity index (χ3v) is 5.29. The van der Waals surface area contributed by atoms with Crippen molar-refractivity contribution in [3.8, 4) is 0 Å². The van der Waals surface area contributed by atoms with Gasteiger partial charge in [0.2, 0.25) is 0 Å². The maximum absolute atomic E-state index is 4.56. The van der Waals surface area contributed by atoms with Crippen LogP contribution in [0, 0.1) is 0 Å². The molecule has 0 radical (unpaired) electrons. The summed E-state index contributed by atoms with van der Waals surface area (Å²) < 4.78 is 0. The van der Waals surface area contributed by atoms with E-state index < -0.39 is 0 Å². The molecule has 0 aliphatic heterocycles. The molecule has 2 N–H and O–H groups in total. The fraction of sp³-hybridized carbons (Fsp3) is 0.474. The van der Waals surface area contributed by atoms with E-state index in [-0.39, 0.29) is 24.0 Å². The number of hydrogen-bond donors (Lipinski definition) is 2. The Hall–Kier alpha value is -1.35. The van der Waals surface area contributed by atoms with Crippen LogP contribution >= 0.6 is 35.3 Å². The van der Waals surface area contributed by atoms with E-state index in [9.17, 15) is 0 Å². The van der Waals surface area contributed by atoms with Gasteiger partial charge < -0.3 is 15.5 Å². The third-order valence-electron chi connectivity index (χ3n) is 4.18. The van der Waals surface area contributed by atoms with Gasteiger partial charge in [-0.2, -0.15) is 0 Å². The summed E-state index contributed by atoms with van der Waals surface area (Å²) in [5.41, 5.74) is 1.14. The minimum atomic E-state index is 0. The summed E-state index contributed by atoms with van der Waals surface area (Å²) in [5.74, 6) is 2.31. The number of halogens is 1. The highest BCUT2D eigenvalue weighted by molar-refractivity contribution is 14.0. The van der Waals surface area contributed by atoms with Crippen molar-refractivity contribution >= 4 is 47.1 Å². The van der Waals surface area contributed by atoms with Crippen LogP contribution in [-0.2, 0) is 6.54 Å². The Morgan fingerprint density at radius 2 is 2.00 bits per heavy atom. The van der Waals surface area contributed by atoms with Crippen molar-refractivity contribution in [3.05, 3.63) is 46.3 Å². The molecule has 5 nitrogen and oxygen atoms in total. The van der Waals surface area contributed by atoms with Gasteiger partial charge in [-0.05, 0) is 36.9 Å². The number of thiophene rings is 1. The van der Waals surface area contributed by atoms with E-state index in [1.54, 1.807) is 18.4 Å². The lowest BCUT2D eigenvalue weighted by molar-refractivity contribution is 0.708. The van der Waals surface area contributed by atoms with Crippen molar-refractivity contribution in [2.24, 2.45) is 4.99 Å². The zero-order chi connectivity index (χ0) is 18.1. The van der Waals surface area contributed by atoms with E-state index in [4.69, 9.17) is 0 Å². The SMILES string of the molecule is CCN(CC)c1ccc(CNC(=NC)NCC(C)c2cccs2)cn1.I. The van der Waals surface area contributed by atoms with Gasteiger partial charge in [0.25, 0.3) is 0 Å². The van der Waals surface area contributed by atoms with Gasteiger partial charge in [-0.3, -0.25) is 4.99 Å². The van der Waals surface area contributed by atoms with Gasteiger partial charge in [0, 0.05) is 50.2 Å². The lowest BCUT2D eigenvalue weighted by Crippen LogP contribution is -2.38. The summed E-state index contributed by atoms with van der Waals surface area (Å²) in [7, 11) is 1.80. The van der Waals surface area contributed by atoms with Gasteiger partial charge in [0.1, 0.15) is 5.82 Å². The Morgan fingerprint density at radius 3 is 2.54 bits per heavy atom. The molecule has 0 spiro atoms. The van der Waals surface area contributed by atoms with E-state index in [1.807, 2.05) is 6.20 Å². The van der Waals surface area contributed by atoms with Gasteiger partial charge in [0.15, 0.2) is 5.96 Å². The van der Waals surface area contributed by atoms with Crippen LogP contribution < -0.4 is 15.5 Å². The molecule has 144 valence electrons. The molecule has 7 heteroatoms. The molecular formula is C19H30IN5S. The summed E-state index contributed by atoms with van der Waals surface area (Å²) in [6, 6.07) is 8.48. The molecule has 0 fully saturated rings. The number of anilines is 1. The van der Waals surface area contributed by atoms with Gasteiger partial charge in [-0.15, -0.1) is 35.3 Å². The summed E-state index contributed by atoms with van der Waals surface area (Å²) in [5, 5.41) is 8.86. The second-order valence-corrected chi connectivity index (χ2v) is 6.90. The molecule has 0 saturated heterocycles. The number of aromatic nitrogens is 1. The Balaban J connectivity index is 0.00000338. The minimum Gasteiger partial charge on any atom is -0.357 e.